The lowest BCUT2D eigenvalue weighted by Crippen LogP contribution is -2.56. The number of rotatable bonds is 13. The van der Waals surface area contributed by atoms with Gasteiger partial charge < -0.3 is 20.9 Å². The van der Waals surface area contributed by atoms with Crippen molar-refractivity contribution in [1.29, 1.82) is 0 Å². The van der Waals surface area contributed by atoms with Gasteiger partial charge in [0, 0.05) is 57.8 Å². The summed E-state index contributed by atoms with van der Waals surface area (Å²) in [5, 5.41) is 12.7. The van der Waals surface area contributed by atoms with Gasteiger partial charge >= 0.3 is 0 Å². The van der Waals surface area contributed by atoms with Crippen LogP contribution in [0, 0.1) is 17.7 Å². The molecular weight excluding hydrogens is 649 g/mol. The molecule has 12 heteroatoms. The highest BCUT2D eigenvalue weighted by molar-refractivity contribution is 6.00. The van der Waals surface area contributed by atoms with E-state index >= 15 is 4.39 Å². The Kier molecular flexibility index (Phi) is 13.0. The minimum absolute atomic E-state index is 0.0204. The van der Waals surface area contributed by atoms with Crippen LogP contribution >= 0.6 is 0 Å². The minimum Gasteiger partial charge on any atom is -0.344 e. The first kappa shape index (κ1) is 37.7. The quantitative estimate of drug-likeness (QED) is 0.232. The molecular formula is C39H52FN7O4. The maximum Gasteiger partial charge on any atom is 0.270 e. The zero-order chi connectivity index (χ0) is 36.5. The van der Waals surface area contributed by atoms with E-state index < -0.39 is 35.6 Å². The SMILES string of the molecule is CCC(=O)N[C@@H](C(=O)N1CCN(Cc2ccccc2)CC1)[C@@H](C)c1ccc(NC(=O)[C@@H](NC(=O)c2ccnn2CC)C2CCC(C)CC2)c(F)c1. The van der Waals surface area contributed by atoms with E-state index in [9.17, 15) is 19.2 Å². The lowest BCUT2D eigenvalue weighted by atomic mass is 9.79. The molecule has 1 aliphatic carbocycles. The summed E-state index contributed by atoms with van der Waals surface area (Å²) >= 11 is 0. The van der Waals surface area contributed by atoms with E-state index in [4.69, 9.17) is 0 Å². The van der Waals surface area contributed by atoms with Crippen LogP contribution in [-0.2, 0) is 27.5 Å². The monoisotopic (exact) mass is 701 g/mol. The minimum atomic E-state index is -0.886. The fourth-order valence-corrected chi connectivity index (χ4v) is 7.17. The molecule has 1 saturated heterocycles. The maximum atomic E-state index is 15.8. The Morgan fingerprint density at radius 1 is 0.922 bits per heavy atom. The topological polar surface area (TPSA) is 129 Å². The number of aromatic nitrogens is 2. The summed E-state index contributed by atoms with van der Waals surface area (Å²) in [6.07, 6.45) is 5.18. The molecule has 3 atom stereocenters. The lowest BCUT2D eigenvalue weighted by Gasteiger charge is -2.37. The molecule has 274 valence electrons. The molecule has 2 aromatic carbocycles. The molecule has 2 aliphatic rings. The average molecular weight is 702 g/mol. The van der Waals surface area contributed by atoms with Gasteiger partial charge in [-0.1, -0.05) is 70.0 Å². The van der Waals surface area contributed by atoms with Crippen LogP contribution in [0.3, 0.4) is 0 Å². The Hall–Kier alpha value is -4.58. The average Bonchev–Trinajstić information content (AvgIpc) is 3.63. The molecule has 1 aromatic heterocycles. The van der Waals surface area contributed by atoms with E-state index in [1.165, 1.54) is 17.7 Å². The predicted molar refractivity (Wildman–Crippen MR) is 194 cm³/mol. The fourth-order valence-electron chi connectivity index (χ4n) is 7.17. The number of piperazine rings is 1. The van der Waals surface area contributed by atoms with Crippen LogP contribution < -0.4 is 16.0 Å². The van der Waals surface area contributed by atoms with Gasteiger partial charge in [-0.2, -0.15) is 5.10 Å². The van der Waals surface area contributed by atoms with Crippen molar-refractivity contribution in [3.8, 4) is 0 Å². The summed E-state index contributed by atoms with van der Waals surface area (Å²) in [6.45, 7) is 11.3. The lowest BCUT2D eigenvalue weighted by molar-refractivity contribution is -0.138. The van der Waals surface area contributed by atoms with Gasteiger partial charge in [-0.25, -0.2) is 4.39 Å². The number of anilines is 1. The van der Waals surface area contributed by atoms with E-state index in [1.54, 1.807) is 41.8 Å². The third-order valence-electron chi connectivity index (χ3n) is 10.5. The number of nitrogens with zero attached hydrogens (tertiary/aromatic N) is 4. The van der Waals surface area contributed by atoms with Crippen molar-refractivity contribution in [2.45, 2.75) is 90.9 Å². The Balaban J connectivity index is 1.27. The van der Waals surface area contributed by atoms with E-state index in [1.807, 2.05) is 25.1 Å². The van der Waals surface area contributed by atoms with Crippen molar-refractivity contribution in [2.75, 3.05) is 31.5 Å². The molecule has 2 fully saturated rings. The molecule has 5 rings (SSSR count). The smallest absolute Gasteiger partial charge is 0.270 e. The number of hydrogen-bond donors (Lipinski definition) is 3. The predicted octanol–water partition coefficient (Wildman–Crippen LogP) is 4.95. The van der Waals surface area contributed by atoms with Crippen LogP contribution in [0.1, 0.15) is 87.3 Å². The van der Waals surface area contributed by atoms with Gasteiger partial charge in [-0.15, -0.1) is 0 Å². The van der Waals surface area contributed by atoms with Crippen molar-refractivity contribution in [2.24, 2.45) is 11.8 Å². The number of carbonyl (C=O) groups excluding carboxylic acids is 4. The summed E-state index contributed by atoms with van der Waals surface area (Å²) in [5.74, 6) is -2.13. The Morgan fingerprint density at radius 3 is 2.27 bits per heavy atom. The Morgan fingerprint density at radius 2 is 1.63 bits per heavy atom. The number of carbonyl (C=O) groups is 4. The number of aryl methyl sites for hydroxylation is 1. The van der Waals surface area contributed by atoms with Crippen LogP contribution in [0.15, 0.2) is 60.8 Å². The van der Waals surface area contributed by atoms with Gasteiger partial charge in [0.15, 0.2) is 0 Å². The van der Waals surface area contributed by atoms with E-state index in [-0.39, 0.29) is 29.8 Å². The van der Waals surface area contributed by atoms with Crippen LogP contribution in [0.25, 0.3) is 0 Å². The molecule has 11 nitrogen and oxygen atoms in total. The summed E-state index contributed by atoms with van der Waals surface area (Å²) in [5.41, 5.74) is 2.07. The van der Waals surface area contributed by atoms with Gasteiger partial charge in [-0.05, 0) is 60.9 Å². The van der Waals surface area contributed by atoms with Gasteiger partial charge in [0.05, 0.1) is 5.69 Å². The second-order valence-corrected chi connectivity index (χ2v) is 14.0. The molecule has 3 N–H and O–H groups in total. The third kappa shape index (κ3) is 9.61. The van der Waals surface area contributed by atoms with Crippen LogP contribution in [0.5, 0.6) is 0 Å². The van der Waals surface area contributed by atoms with Crippen molar-refractivity contribution < 1.29 is 23.6 Å². The Labute approximate surface area is 300 Å². The first-order valence-electron chi connectivity index (χ1n) is 18.3. The largest absolute Gasteiger partial charge is 0.344 e. The van der Waals surface area contributed by atoms with Gasteiger partial charge in [0.2, 0.25) is 17.7 Å². The highest BCUT2D eigenvalue weighted by atomic mass is 19.1. The highest BCUT2D eigenvalue weighted by Crippen LogP contribution is 2.32. The molecule has 0 radical (unpaired) electrons. The molecule has 51 heavy (non-hydrogen) atoms. The fraction of sp³-hybridized carbons (Fsp3) is 0.513. The number of nitrogens with one attached hydrogen (secondary N) is 3. The molecule has 1 saturated carbocycles. The summed E-state index contributed by atoms with van der Waals surface area (Å²) in [4.78, 5) is 57.6. The van der Waals surface area contributed by atoms with Gasteiger partial charge in [0.1, 0.15) is 23.6 Å². The number of amides is 4. The number of benzene rings is 2. The van der Waals surface area contributed by atoms with Crippen molar-refractivity contribution in [1.82, 2.24) is 30.2 Å². The first-order chi connectivity index (χ1) is 24.6. The third-order valence-corrected chi connectivity index (χ3v) is 10.5. The molecule has 2 heterocycles. The zero-order valence-electron chi connectivity index (χ0n) is 30.2. The van der Waals surface area contributed by atoms with Gasteiger partial charge in [-0.3, -0.25) is 28.8 Å². The summed E-state index contributed by atoms with van der Waals surface area (Å²) in [7, 11) is 0. The van der Waals surface area contributed by atoms with Gasteiger partial charge in [0.25, 0.3) is 5.91 Å². The van der Waals surface area contributed by atoms with Crippen LogP contribution in [0.2, 0.25) is 0 Å². The number of hydrogen-bond acceptors (Lipinski definition) is 6. The zero-order valence-corrected chi connectivity index (χ0v) is 30.2. The second-order valence-electron chi connectivity index (χ2n) is 14.0. The molecule has 0 spiro atoms. The Bertz CT molecular complexity index is 1650. The molecule has 0 bridgehead atoms. The van der Waals surface area contributed by atoms with Crippen molar-refractivity contribution >= 4 is 29.3 Å². The molecule has 3 aromatic rings. The molecule has 0 unspecified atom stereocenters. The van der Waals surface area contributed by atoms with Crippen LogP contribution in [0.4, 0.5) is 10.1 Å². The second kappa shape index (κ2) is 17.6. The van der Waals surface area contributed by atoms with Crippen LogP contribution in [-0.4, -0.2) is 81.5 Å². The molecule has 1 aliphatic heterocycles. The van der Waals surface area contributed by atoms with E-state index in [2.05, 4.69) is 45.0 Å². The van der Waals surface area contributed by atoms with E-state index in [0.717, 1.165) is 32.2 Å². The van der Waals surface area contributed by atoms with Crippen molar-refractivity contribution in [3.63, 3.8) is 0 Å². The standard InChI is InChI=1S/C39H52FN7O4/c1-5-34(48)43-35(39(51)46-22-20-45(21-23-46)25-28-10-8-7-9-11-28)27(4)30-16-17-32(31(40)24-30)42-38(50)36(29-14-12-26(3)13-15-29)44-37(49)33-18-19-41-47(33)6-2/h7-11,16-19,24,26-27,29,35-36H,5-6,12-15,20-23,25H2,1-4H3,(H,42,50)(H,43,48)(H,44,49)/t26?,27-,29?,35+,36-/m0/s1. The normalized spacial score (nSPS) is 19.8. The molecule has 4 amide bonds. The van der Waals surface area contributed by atoms with Crippen molar-refractivity contribution in [3.05, 3.63) is 83.4 Å². The van der Waals surface area contributed by atoms with E-state index in [0.29, 0.717) is 49.9 Å². The highest BCUT2D eigenvalue weighted by Gasteiger charge is 2.35. The maximum absolute atomic E-state index is 15.8. The summed E-state index contributed by atoms with van der Waals surface area (Å²) in [6, 6.07) is 14.5. The summed E-state index contributed by atoms with van der Waals surface area (Å²) < 4.78 is 17.3. The number of halogens is 1. The first-order valence-corrected chi connectivity index (χ1v) is 18.3.